The van der Waals surface area contributed by atoms with Crippen molar-refractivity contribution in [3.05, 3.63) is 88.8 Å². The van der Waals surface area contributed by atoms with Gasteiger partial charge in [-0.3, -0.25) is 9.00 Å². The molecule has 1 atom stereocenters. The van der Waals surface area contributed by atoms with E-state index >= 15 is 0 Å². The van der Waals surface area contributed by atoms with Gasteiger partial charge in [0.25, 0.3) is 5.91 Å². The predicted octanol–water partition coefficient (Wildman–Crippen LogP) is 4.93. The van der Waals surface area contributed by atoms with E-state index in [4.69, 9.17) is 16.0 Å². The molecule has 33 heavy (non-hydrogen) atoms. The van der Waals surface area contributed by atoms with E-state index in [1.807, 2.05) is 0 Å². The molecule has 0 aliphatic carbocycles. The first-order valence-electron chi connectivity index (χ1n) is 11.3. The number of nitrogens with zero attached hydrogens (tertiary/aromatic N) is 1. The van der Waals surface area contributed by atoms with Crippen molar-refractivity contribution in [1.29, 1.82) is 0 Å². The lowest BCUT2D eigenvalue weighted by atomic mass is 9.90. The molecule has 5 nitrogen and oxygen atoms in total. The smallest absolute Gasteiger partial charge is 0.287 e. The number of rotatable bonds is 9. The average molecular weight is 485 g/mol. The van der Waals surface area contributed by atoms with Crippen LogP contribution in [0.1, 0.15) is 34.7 Å². The average Bonchev–Trinajstić information content (AvgIpc) is 3.30. The van der Waals surface area contributed by atoms with Gasteiger partial charge < -0.3 is 14.6 Å². The van der Waals surface area contributed by atoms with E-state index in [0.29, 0.717) is 22.2 Å². The van der Waals surface area contributed by atoms with Crippen LogP contribution in [0.2, 0.25) is 5.02 Å². The molecule has 0 radical (unpaired) electrons. The summed E-state index contributed by atoms with van der Waals surface area (Å²) >= 11 is 6.11. The van der Waals surface area contributed by atoms with Gasteiger partial charge in [0.1, 0.15) is 5.76 Å². The number of hydrogen-bond acceptors (Lipinski definition) is 4. The van der Waals surface area contributed by atoms with Crippen molar-refractivity contribution < 1.29 is 13.4 Å². The maximum atomic E-state index is 12.5. The van der Waals surface area contributed by atoms with Crippen LogP contribution in [-0.4, -0.2) is 41.2 Å². The number of nitrogens with one attached hydrogen (secondary N) is 1. The van der Waals surface area contributed by atoms with E-state index in [1.165, 1.54) is 18.4 Å². The number of halogens is 1. The summed E-state index contributed by atoms with van der Waals surface area (Å²) < 4.78 is 18.2. The first-order chi connectivity index (χ1) is 16.1. The van der Waals surface area contributed by atoms with Gasteiger partial charge in [-0.05, 0) is 68.1 Å². The van der Waals surface area contributed by atoms with Gasteiger partial charge in [0.15, 0.2) is 5.76 Å². The zero-order valence-corrected chi connectivity index (χ0v) is 20.1. The molecular formula is C26H29ClN2O3S. The maximum absolute atomic E-state index is 12.5. The third-order valence-electron chi connectivity index (χ3n) is 6.03. The highest BCUT2D eigenvalue weighted by atomic mass is 35.5. The second-order valence-electron chi connectivity index (χ2n) is 8.42. The standard InChI is InChI=1S/C26H29ClN2O3S/c27-23-8-4-5-9-25(23)33(31)19-22-10-11-24(32-22)26(30)28-14-17-29-15-12-21(13-16-29)18-20-6-2-1-3-7-20/h1-11,21H,12-19H2,(H,28,30). The Morgan fingerprint density at radius 2 is 1.76 bits per heavy atom. The number of amides is 1. The third kappa shape index (κ3) is 6.79. The number of piperidine rings is 1. The summed E-state index contributed by atoms with van der Waals surface area (Å²) in [7, 11) is -1.33. The molecule has 1 N–H and O–H groups in total. The number of hydrogen-bond donors (Lipinski definition) is 1. The minimum atomic E-state index is -1.33. The van der Waals surface area contributed by atoms with Gasteiger partial charge in [-0.2, -0.15) is 0 Å². The van der Waals surface area contributed by atoms with Gasteiger partial charge in [-0.15, -0.1) is 0 Å². The molecule has 1 amide bonds. The highest BCUT2D eigenvalue weighted by molar-refractivity contribution is 7.84. The Bertz CT molecular complexity index is 1080. The van der Waals surface area contributed by atoms with Crippen LogP contribution >= 0.6 is 11.6 Å². The van der Waals surface area contributed by atoms with Crippen LogP contribution in [0.5, 0.6) is 0 Å². The van der Waals surface area contributed by atoms with E-state index < -0.39 is 10.8 Å². The van der Waals surface area contributed by atoms with Crippen molar-refractivity contribution in [3.63, 3.8) is 0 Å². The van der Waals surface area contributed by atoms with Crippen LogP contribution in [0.15, 0.2) is 76.0 Å². The monoisotopic (exact) mass is 484 g/mol. The minimum absolute atomic E-state index is 0.176. The molecule has 7 heteroatoms. The first-order valence-corrected chi connectivity index (χ1v) is 13.0. The topological polar surface area (TPSA) is 62.6 Å². The second kappa shape index (κ2) is 11.6. The quantitative estimate of drug-likeness (QED) is 0.468. The van der Waals surface area contributed by atoms with Crippen LogP contribution in [0, 0.1) is 5.92 Å². The SMILES string of the molecule is O=C(NCCN1CCC(Cc2ccccc2)CC1)c1ccc(CS(=O)c2ccccc2Cl)o1. The largest absolute Gasteiger partial charge is 0.455 e. The molecule has 1 saturated heterocycles. The Morgan fingerprint density at radius 1 is 1.03 bits per heavy atom. The zero-order chi connectivity index (χ0) is 23.0. The van der Waals surface area contributed by atoms with Crippen molar-refractivity contribution in [1.82, 2.24) is 10.2 Å². The van der Waals surface area contributed by atoms with Crippen molar-refractivity contribution in [2.75, 3.05) is 26.2 Å². The summed E-state index contributed by atoms with van der Waals surface area (Å²) in [5.41, 5.74) is 1.41. The summed E-state index contributed by atoms with van der Waals surface area (Å²) in [6, 6.07) is 21.0. The molecule has 1 fully saturated rings. The van der Waals surface area contributed by atoms with E-state index in [1.54, 1.807) is 36.4 Å². The highest BCUT2D eigenvalue weighted by Gasteiger charge is 2.20. The molecule has 4 rings (SSSR count). The normalized spacial score (nSPS) is 15.9. The molecule has 2 heterocycles. The molecular weight excluding hydrogens is 456 g/mol. The van der Waals surface area contributed by atoms with Gasteiger partial charge >= 0.3 is 0 Å². The molecule has 0 bridgehead atoms. The lowest BCUT2D eigenvalue weighted by Crippen LogP contribution is -2.39. The second-order valence-corrected chi connectivity index (χ2v) is 10.2. The Labute approximate surface area is 202 Å². The number of carbonyl (C=O) groups is 1. The van der Waals surface area contributed by atoms with Gasteiger partial charge in [0.2, 0.25) is 0 Å². The first kappa shape index (κ1) is 23.7. The Hall–Kier alpha value is -2.41. The van der Waals surface area contributed by atoms with Crippen molar-refractivity contribution in [3.8, 4) is 0 Å². The fraction of sp³-hybridized carbons (Fsp3) is 0.346. The van der Waals surface area contributed by atoms with Gasteiger partial charge in [-0.1, -0.05) is 54.1 Å². The highest BCUT2D eigenvalue weighted by Crippen LogP contribution is 2.23. The van der Waals surface area contributed by atoms with E-state index in [-0.39, 0.29) is 17.4 Å². The van der Waals surface area contributed by atoms with Crippen LogP contribution in [0.3, 0.4) is 0 Å². The van der Waals surface area contributed by atoms with Crippen molar-refractivity contribution in [2.24, 2.45) is 5.92 Å². The predicted molar refractivity (Wildman–Crippen MR) is 132 cm³/mol. The van der Waals surface area contributed by atoms with E-state index in [2.05, 4.69) is 40.5 Å². The summed E-state index contributed by atoms with van der Waals surface area (Å²) in [4.78, 5) is 15.4. The molecule has 1 aliphatic heterocycles. The molecule has 1 aliphatic rings. The maximum Gasteiger partial charge on any atom is 0.287 e. The van der Waals surface area contributed by atoms with Crippen molar-refractivity contribution >= 4 is 28.3 Å². The third-order valence-corrected chi connectivity index (χ3v) is 7.86. The lowest BCUT2D eigenvalue weighted by molar-refractivity contribution is 0.0915. The molecule has 0 spiro atoms. The number of furan rings is 1. The molecule has 2 aromatic carbocycles. The summed E-state index contributed by atoms with van der Waals surface area (Å²) in [5.74, 6) is 1.40. The Morgan fingerprint density at radius 3 is 2.52 bits per heavy atom. The van der Waals surface area contributed by atoms with Gasteiger partial charge in [0.05, 0.1) is 26.5 Å². The van der Waals surface area contributed by atoms with Gasteiger partial charge in [-0.25, -0.2) is 0 Å². The number of likely N-dealkylation sites (tertiary alicyclic amines) is 1. The molecule has 1 unspecified atom stereocenters. The minimum Gasteiger partial charge on any atom is -0.455 e. The molecule has 174 valence electrons. The fourth-order valence-electron chi connectivity index (χ4n) is 4.19. The van der Waals surface area contributed by atoms with E-state index in [9.17, 15) is 9.00 Å². The number of carbonyl (C=O) groups excluding carboxylic acids is 1. The van der Waals surface area contributed by atoms with Crippen molar-refractivity contribution in [2.45, 2.75) is 29.9 Å². The molecule has 3 aromatic rings. The van der Waals surface area contributed by atoms with Crippen LogP contribution < -0.4 is 5.32 Å². The van der Waals surface area contributed by atoms with Crippen LogP contribution in [0.4, 0.5) is 0 Å². The van der Waals surface area contributed by atoms with E-state index in [0.717, 1.165) is 32.0 Å². The molecule has 0 saturated carbocycles. The zero-order valence-electron chi connectivity index (χ0n) is 18.5. The summed E-state index contributed by atoms with van der Waals surface area (Å²) in [6.07, 6.45) is 3.52. The van der Waals surface area contributed by atoms with Gasteiger partial charge in [0, 0.05) is 13.1 Å². The van der Waals surface area contributed by atoms with Crippen LogP contribution in [-0.2, 0) is 23.0 Å². The fourth-order valence-corrected chi connectivity index (χ4v) is 5.67. The van der Waals surface area contributed by atoms with Crippen LogP contribution in [0.25, 0.3) is 0 Å². The Balaban J connectivity index is 1.18. The summed E-state index contributed by atoms with van der Waals surface area (Å²) in [5, 5.41) is 3.40. The summed E-state index contributed by atoms with van der Waals surface area (Å²) in [6.45, 7) is 3.52. The molecule has 1 aromatic heterocycles. The lowest BCUT2D eigenvalue weighted by Gasteiger charge is -2.32. The Kier molecular flexibility index (Phi) is 8.37. The number of benzene rings is 2.